The summed E-state index contributed by atoms with van der Waals surface area (Å²) < 4.78 is 23.4. The van der Waals surface area contributed by atoms with Gasteiger partial charge in [0.2, 0.25) is 5.91 Å². The highest BCUT2D eigenvalue weighted by Gasteiger charge is 2.27. The Morgan fingerprint density at radius 1 is 0.686 bits per heavy atom. The summed E-state index contributed by atoms with van der Waals surface area (Å²) in [5.41, 5.74) is 0. The second-order valence-corrected chi connectivity index (χ2v) is 15.7. The summed E-state index contributed by atoms with van der Waals surface area (Å²) in [5, 5.41) is 13.7. The molecule has 0 aromatic rings. The molecule has 8 nitrogen and oxygen atoms in total. The number of nitrogens with one attached hydrogen (secondary N) is 1. The van der Waals surface area contributed by atoms with Gasteiger partial charge < -0.3 is 19.8 Å². The van der Waals surface area contributed by atoms with Crippen LogP contribution in [0.5, 0.6) is 0 Å². The van der Waals surface area contributed by atoms with E-state index in [1.807, 2.05) is 27.2 Å². The number of hydrogen-bond donors (Lipinski definition) is 3. The van der Waals surface area contributed by atoms with Crippen LogP contribution in [0.3, 0.4) is 0 Å². The Hall–Kier alpha value is -2.06. The summed E-state index contributed by atoms with van der Waals surface area (Å²) in [6.07, 6.45) is 44.1. The molecule has 0 aromatic heterocycles. The summed E-state index contributed by atoms with van der Waals surface area (Å²) in [6, 6.07) is -0.868. The minimum absolute atomic E-state index is 0.0502. The lowest BCUT2D eigenvalue weighted by Crippen LogP contribution is -2.45. The van der Waals surface area contributed by atoms with E-state index in [2.05, 4.69) is 79.9 Å². The Kier molecular flexibility index (Phi) is 32.4. The standard InChI is InChI=1S/C42H75N2O6P/c1-6-8-10-12-14-16-17-18-19-20-21-22-23-24-25-26-27-28-30-32-34-36-42(46)43-40(39-50-51(47,48)49-38-37-44(3,4)5)41(45)35-33-31-29-15-13-11-9-7-2/h8,10,13-16,18-19,21-22,33,35,40-41,45H,6-7,9,11-12,17,20,23-32,34,36-39H2,1-5H3,(H-,43,46,47,48)/p+1/b10-8-,15-13+,16-14-,19-18-,22-21-,35-33+. The fraction of sp³-hybridized carbons (Fsp3) is 0.690. The highest BCUT2D eigenvalue weighted by Crippen LogP contribution is 2.43. The summed E-state index contributed by atoms with van der Waals surface area (Å²) in [7, 11) is 1.53. The number of carbonyl (C=O) groups is 1. The molecular weight excluding hydrogens is 659 g/mol. The van der Waals surface area contributed by atoms with Crippen LogP contribution in [0.1, 0.15) is 136 Å². The molecule has 3 unspecified atom stereocenters. The van der Waals surface area contributed by atoms with Crippen molar-refractivity contribution in [2.75, 3.05) is 40.9 Å². The lowest BCUT2D eigenvalue weighted by Gasteiger charge is -2.25. The minimum atomic E-state index is -4.34. The predicted octanol–water partition coefficient (Wildman–Crippen LogP) is 10.5. The van der Waals surface area contributed by atoms with E-state index in [9.17, 15) is 19.4 Å². The molecule has 3 atom stereocenters. The average molecular weight is 736 g/mol. The normalized spacial score (nSPS) is 15.4. The van der Waals surface area contributed by atoms with E-state index in [4.69, 9.17) is 9.05 Å². The van der Waals surface area contributed by atoms with Crippen molar-refractivity contribution in [3.63, 3.8) is 0 Å². The number of phosphoric ester groups is 1. The van der Waals surface area contributed by atoms with Gasteiger partial charge in [0, 0.05) is 6.42 Å². The number of aliphatic hydroxyl groups is 1. The van der Waals surface area contributed by atoms with E-state index in [1.165, 1.54) is 44.9 Å². The van der Waals surface area contributed by atoms with E-state index >= 15 is 0 Å². The molecule has 0 aliphatic carbocycles. The van der Waals surface area contributed by atoms with Gasteiger partial charge in [-0.3, -0.25) is 13.8 Å². The molecule has 3 N–H and O–H groups in total. The molecule has 0 spiro atoms. The third-order valence-corrected chi connectivity index (χ3v) is 9.14. The number of phosphoric acid groups is 1. The Morgan fingerprint density at radius 3 is 1.80 bits per heavy atom. The van der Waals surface area contributed by atoms with Gasteiger partial charge >= 0.3 is 7.82 Å². The van der Waals surface area contributed by atoms with Gasteiger partial charge in [-0.15, -0.1) is 0 Å². The first-order valence-electron chi connectivity index (χ1n) is 19.8. The lowest BCUT2D eigenvalue weighted by atomic mass is 10.1. The van der Waals surface area contributed by atoms with Crippen LogP contribution in [0.25, 0.3) is 0 Å². The first-order chi connectivity index (χ1) is 24.5. The molecule has 0 radical (unpaired) electrons. The van der Waals surface area contributed by atoms with Crippen LogP contribution in [0.2, 0.25) is 0 Å². The molecule has 0 bridgehead atoms. The number of allylic oxidation sites excluding steroid dienone is 11. The Balaban J connectivity index is 4.36. The van der Waals surface area contributed by atoms with Gasteiger partial charge in [-0.05, 0) is 64.2 Å². The topological polar surface area (TPSA) is 105 Å². The van der Waals surface area contributed by atoms with Crippen LogP contribution in [0.15, 0.2) is 72.9 Å². The Labute approximate surface area is 313 Å². The number of quaternary nitrogens is 1. The zero-order valence-electron chi connectivity index (χ0n) is 33.1. The summed E-state index contributed by atoms with van der Waals surface area (Å²) in [5.74, 6) is -0.204. The highest BCUT2D eigenvalue weighted by molar-refractivity contribution is 7.47. The number of amides is 1. The fourth-order valence-corrected chi connectivity index (χ4v) is 5.71. The number of nitrogens with zero attached hydrogens (tertiary/aromatic N) is 1. The van der Waals surface area contributed by atoms with Crippen molar-refractivity contribution in [3.05, 3.63) is 72.9 Å². The molecular formula is C42H76N2O6P+. The monoisotopic (exact) mass is 736 g/mol. The predicted molar refractivity (Wildman–Crippen MR) is 216 cm³/mol. The number of rotatable bonds is 34. The molecule has 0 fully saturated rings. The van der Waals surface area contributed by atoms with Crippen LogP contribution < -0.4 is 5.32 Å². The Morgan fingerprint density at radius 2 is 1.20 bits per heavy atom. The van der Waals surface area contributed by atoms with Gasteiger partial charge in [-0.1, -0.05) is 138 Å². The summed E-state index contributed by atoms with van der Waals surface area (Å²) >= 11 is 0. The van der Waals surface area contributed by atoms with E-state index in [0.717, 1.165) is 70.6 Å². The first-order valence-corrected chi connectivity index (χ1v) is 21.3. The van der Waals surface area contributed by atoms with Crippen LogP contribution in [-0.2, 0) is 18.4 Å². The van der Waals surface area contributed by atoms with Crippen LogP contribution in [0, 0.1) is 0 Å². The summed E-state index contributed by atoms with van der Waals surface area (Å²) in [4.78, 5) is 23.0. The molecule has 0 rings (SSSR count). The molecule has 1 amide bonds. The van der Waals surface area contributed by atoms with Gasteiger partial charge in [0.15, 0.2) is 0 Å². The van der Waals surface area contributed by atoms with E-state index in [-0.39, 0.29) is 19.1 Å². The van der Waals surface area contributed by atoms with Crippen molar-refractivity contribution in [3.8, 4) is 0 Å². The number of unbranched alkanes of at least 4 members (excludes halogenated alkanes) is 11. The van der Waals surface area contributed by atoms with Crippen molar-refractivity contribution in [2.24, 2.45) is 0 Å². The zero-order valence-corrected chi connectivity index (χ0v) is 34.0. The number of aliphatic hydroxyl groups excluding tert-OH is 1. The molecule has 0 aromatic carbocycles. The molecule has 0 aliphatic heterocycles. The number of hydrogen-bond acceptors (Lipinski definition) is 5. The van der Waals surface area contributed by atoms with Gasteiger partial charge in [0.05, 0.1) is 39.9 Å². The maximum absolute atomic E-state index is 12.8. The quantitative estimate of drug-likeness (QED) is 0.0263. The smallest absolute Gasteiger partial charge is 0.387 e. The third kappa shape index (κ3) is 36.1. The first kappa shape index (κ1) is 48.9. The maximum Gasteiger partial charge on any atom is 0.472 e. The zero-order chi connectivity index (χ0) is 37.9. The third-order valence-electron chi connectivity index (χ3n) is 8.16. The van der Waals surface area contributed by atoms with Crippen LogP contribution >= 0.6 is 7.82 Å². The lowest BCUT2D eigenvalue weighted by molar-refractivity contribution is -0.870. The van der Waals surface area contributed by atoms with Crippen molar-refractivity contribution in [1.29, 1.82) is 0 Å². The molecule has 294 valence electrons. The molecule has 0 heterocycles. The minimum Gasteiger partial charge on any atom is -0.387 e. The molecule has 0 saturated carbocycles. The largest absolute Gasteiger partial charge is 0.472 e. The van der Waals surface area contributed by atoms with Gasteiger partial charge in [0.1, 0.15) is 13.2 Å². The van der Waals surface area contributed by atoms with Gasteiger partial charge in [-0.25, -0.2) is 4.57 Å². The fourth-order valence-electron chi connectivity index (χ4n) is 4.97. The SMILES string of the molecule is CC/C=C\C/C=C\C/C=C\C/C=C\CCCCCCCCCCC(=O)NC(COP(=O)(O)OCC[N+](C)(C)C)C(O)/C=C/CC/C=C/CCCC. The maximum atomic E-state index is 12.8. The van der Waals surface area contributed by atoms with Crippen LogP contribution in [0.4, 0.5) is 0 Å². The average Bonchev–Trinajstić information content (AvgIpc) is 3.07. The molecule has 0 saturated heterocycles. The number of carbonyl (C=O) groups excluding carboxylic acids is 1. The van der Waals surface area contributed by atoms with E-state index in [0.29, 0.717) is 17.4 Å². The van der Waals surface area contributed by atoms with Crippen molar-refractivity contribution in [1.82, 2.24) is 5.32 Å². The van der Waals surface area contributed by atoms with E-state index < -0.39 is 20.0 Å². The van der Waals surface area contributed by atoms with Crippen molar-refractivity contribution >= 4 is 13.7 Å². The highest BCUT2D eigenvalue weighted by atomic mass is 31.2. The van der Waals surface area contributed by atoms with Crippen molar-refractivity contribution < 1.29 is 32.9 Å². The molecule has 51 heavy (non-hydrogen) atoms. The van der Waals surface area contributed by atoms with Gasteiger partial charge in [0.25, 0.3) is 0 Å². The van der Waals surface area contributed by atoms with Gasteiger partial charge in [-0.2, -0.15) is 0 Å². The summed E-state index contributed by atoms with van der Waals surface area (Å²) in [6.45, 7) is 4.56. The van der Waals surface area contributed by atoms with Crippen molar-refractivity contribution in [2.45, 2.75) is 148 Å². The number of likely N-dealkylation sites (N-methyl/N-ethyl adjacent to an activating group) is 1. The van der Waals surface area contributed by atoms with E-state index in [1.54, 1.807) is 6.08 Å². The van der Waals surface area contributed by atoms with Crippen LogP contribution in [-0.4, -0.2) is 73.4 Å². The second-order valence-electron chi connectivity index (χ2n) is 14.3. The second kappa shape index (κ2) is 33.8. The Bertz CT molecular complexity index is 1060. The molecule has 0 aliphatic rings. The molecule has 9 heteroatoms.